The summed E-state index contributed by atoms with van der Waals surface area (Å²) in [5.74, 6) is 0.739. The van der Waals surface area contributed by atoms with Crippen molar-refractivity contribution in [2.75, 3.05) is 18.5 Å². The van der Waals surface area contributed by atoms with Crippen LogP contribution in [0.4, 0.5) is 11.4 Å². The normalized spacial score (nSPS) is 22.7. The molecule has 1 unspecified atom stereocenters. The van der Waals surface area contributed by atoms with Crippen molar-refractivity contribution in [2.24, 2.45) is 5.92 Å². The summed E-state index contributed by atoms with van der Waals surface area (Å²) in [4.78, 5) is 2.40. The van der Waals surface area contributed by atoms with E-state index in [-0.39, 0.29) is 10.8 Å². The minimum Gasteiger partial charge on any atom is -0.347 e. The zero-order chi connectivity index (χ0) is 29.8. The van der Waals surface area contributed by atoms with Crippen LogP contribution in [0, 0.1) is 5.92 Å². The molecular weight excluding hydrogens is 520 g/mol. The average molecular weight is 566 g/mol. The van der Waals surface area contributed by atoms with Crippen LogP contribution < -0.4 is 4.90 Å². The van der Waals surface area contributed by atoms with E-state index in [1.807, 2.05) is 0 Å². The maximum Gasteiger partial charge on any atom is 0.210 e. The van der Waals surface area contributed by atoms with Gasteiger partial charge in [-0.1, -0.05) is 99.9 Å². The van der Waals surface area contributed by atoms with Crippen LogP contribution in [0.3, 0.4) is 0 Å². The smallest absolute Gasteiger partial charge is 0.210 e. The summed E-state index contributed by atoms with van der Waals surface area (Å²) in [6.45, 7) is 12.5. The van der Waals surface area contributed by atoms with E-state index >= 15 is 0 Å². The van der Waals surface area contributed by atoms with E-state index in [2.05, 4.69) is 141 Å². The van der Waals surface area contributed by atoms with Gasteiger partial charge in [0.15, 0.2) is 12.3 Å². The zero-order valence-corrected chi connectivity index (χ0v) is 26.4. The summed E-state index contributed by atoms with van der Waals surface area (Å²) in [7, 11) is 2.23. The molecule has 0 N–H and O–H groups in total. The van der Waals surface area contributed by atoms with Crippen LogP contribution in [-0.2, 0) is 10.8 Å². The van der Waals surface area contributed by atoms with Crippen molar-refractivity contribution in [3.05, 3.63) is 121 Å². The number of rotatable bonds is 6. The first-order valence-electron chi connectivity index (χ1n) is 16.3. The van der Waals surface area contributed by atoms with E-state index in [9.17, 15) is 0 Å². The van der Waals surface area contributed by atoms with Crippen LogP contribution in [0.5, 0.6) is 0 Å². The standard InChI is InChI=1S/C41H45N2/c1-6-25-41(4)34-26-31-18-10-11-19-32(31)27-36(34)43(28-29-15-8-7-9-16-29)38(41)22-14-21-37-40(2,3)39-33-20-13-12-17-30(33)23-24-35(39)42(37)5/h6,10-14,17-24,26-27,29H,1,7-9,15-16,25,28H2,2-5H3/q+1. The Kier molecular flexibility index (Phi) is 6.92. The fourth-order valence-electron chi connectivity index (χ4n) is 8.48. The van der Waals surface area contributed by atoms with Crippen LogP contribution in [0.2, 0.25) is 0 Å². The molecule has 2 nitrogen and oxygen atoms in total. The number of nitrogens with zero attached hydrogens (tertiary/aromatic N) is 2. The molecule has 0 saturated heterocycles. The molecule has 0 spiro atoms. The van der Waals surface area contributed by atoms with Crippen LogP contribution in [0.1, 0.15) is 70.4 Å². The summed E-state index contributed by atoms with van der Waals surface area (Å²) < 4.78 is 2.68. The van der Waals surface area contributed by atoms with Crippen molar-refractivity contribution in [1.29, 1.82) is 0 Å². The fourth-order valence-corrected chi connectivity index (χ4v) is 8.48. The number of hydrogen-bond donors (Lipinski definition) is 0. The predicted octanol–water partition coefficient (Wildman–Crippen LogP) is 10.4. The second kappa shape index (κ2) is 10.7. The third-order valence-electron chi connectivity index (χ3n) is 10.7. The summed E-state index contributed by atoms with van der Waals surface area (Å²) in [6, 6.07) is 27.1. The first-order chi connectivity index (χ1) is 20.8. The lowest BCUT2D eigenvalue weighted by molar-refractivity contribution is -0.447. The molecule has 1 atom stereocenters. The molecule has 1 saturated carbocycles. The first-order valence-corrected chi connectivity index (χ1v) is 16.3. The molecular formula is C41H45N2+. The molecule has 2 aliphatic heterocycles. The van der Waals surface area contributed by atoms with Crippen LogP contribution in [-0.4, -0.2) is 23.9 Å². The highest BCUT2D eigenvalue weighted by atomic mass is 15.2. The van der Waals surface area contributed by atoms with Crippen molar-refractivity contribution < 1.29 is 4.58 Å². The Balaban J connectivity index is 1.35. The molecule has 4 aromatic rings. The molecule has 2 heteroatoms. The summed E-state index contributed by atoms with van der Waals surface area (Å²) in [5, 5.41) is 5.31. The summed E-state index contributed by atoms with van der Waals surface area (Å²) in [5.41, 5.74) is 8.08. The van der Waals surface area contributed by atoms with Gasteiger partial charge >= 0.3 is 0 Å². The monoisotopic (exact) mass is 565 g/mol. The minimum absolute atomic E-state index is 0.0947. The van der Waals surface area contributed by atoms with Gasteiger partial charge in [-0.15, -0.1) is 6.58 Å². The number of benzene rings is 4. The lowest BCUT2D eigenvalue weighted by Gasteiger charge is -2.24. The second-order valence-corrected chi connectivity index (χ2v) is 13.8. The Morgan fingerprint density at radius 2 is 1.58 bits per heavy atom. The third-order valence-corrected chi connectivity index (χ3v) is 10.7. The maximum atomic E-state index is 4.23. The molecule has 0 radical (unpaired) electrons. The van der Waals surface area contributed by atoms with Crippen LogP contribution in [0.15, 0.2) is 109 Å². The number of hydrogen-bond acceptors (Lipinski definition) is 1. The molecule has 43 heavy (non-hydrogen) atoms. The fraction of sp³-hybridized carbons (Fsp3) is 0.341. The molecule has 1 aliphatic carbocycles. The van der Waals surface area contributed by atoms with E-state index in [0.29, 0.717) is 0 Å². The van der Waals surface area contributed by atoms with Gasteiger partial charge in [0, 0.05) is 47.5 Å². The average Bonchev–Trinajstić information content (AvgIpc) is 3.35. The van der Waals surface area contributed by atoms with E-state index in [1.165, 1.54) is 87.6 Å². The van der Waals surface area contributed by atoms with E-state index in [1.54, 1.807) is 0 Å². The second-order valence-electron chi connectivity index (χ2n) is 13.8. The molecule has 3 aliphatic rings. The van der Waals surface area contributed by atoms with Gasteiger partial charge in [0.25, 0.3) is 0 Å². The maximum absolute atomic E-state index is 4.23. The lowest BCUT2D eigenvalue weighted by atomic mass is 9.76. The number of likely N-dealkylation sites (N-methyl/N-ethyl adjacent to an activating group) is 1. The van der Waals surface area contributed by atoms with E-state index < -0.39 is 0 Å². The molecule has 4 aromatic carbocycles. The SMILES string of the molecule is C=CCC1(C)C(/C=C/C=C2/N(C)c3ccc4ccccc4c3C2(C)C)=[N+](CC2CCCCC2)c2cc3ccccc3cc21. The molecule has 2 heterocycles. The van der Waals surface area contributed by atoms with Crippen molar-refractivity contribution in [3.63, 3.8) is 0 Å². The van der Waals surface area contributed by atoms with Crippen LogP contribution in [0.25, 0.3) is 21.5 Å². The van der Waals surface area contributed by atoms with Gasteiger partial charge in [-0.3, -0.25) is 0 Å². The largest absolute Gasteiger partial charge is 0.347 e. The number of anilines is 1. The van der Waals surface area contributed by atoms with Gasteiger partial charge in [0.2, 0.25) is 5.69 Å². The third kappa shape index (κ3) is 4.49. The highest BCUT2D eigenvalue weighted by Gasteiger charge is 2.48. The number of allylic oxidation sites excluding steroid dienone is 5. The van der Waals surface area contributed by atoms with Gasteiger partial charge in [-0.05, 0) is 71.5 Å². The molecule has 7 rings (SSSR count). The molecule has 0 bridgehead atoms. The van der Waals surface area contributed by atoms with E-state index in [4.69, 9.17) is 0 Å². The molecule has 0 amide bonds. The van der Waals surface area contributed by atoms with Gasteiger partial charge in [0.05, 0.1) is 5.41 Å². The Bertz CT molecular complexity index is 1830. The van der Waals surface area contributed by atoms with Gasteiger partial charge < -0.3 is 4.90 Å². The van der Waals surface area contributed by atoms with E-state index in [0.717, 1.165) is 18.9 Å². The first kappa shape index (κ1) is 27.9. The summed E-state index contributed by atoms with van der Waals surface area (Å²) >= 11 is 0. The number of fused-ring (bicyclic) bond motifs is 5. The Morgan fingerprint density at radius 1 is 0.884 bits per heavy atom. The van der Waals surface area contributed by atoms with Crippen LogP contribution >= 0.6 is 0 Å². The lowest BCUT2D eigenvalue weighted by Crippen LogP contribution is -2.32. The molecule has 0 aromatic heterocycles. The van der Waals surface area contributed by atoms with Crippen molar-refractivity contribution in [2.45, 2.75) is 70.1 Å². The Hall–Kier alpha value is -3.91. The highest BCUT2D eigenvalue weighted by Crippen LogP contribution is 2.50. The molecule has 1 fully saturated rings. The Labute approximate surface area is 257 Å². The van der Waals surface area contributed by atoms with Crippen molar-refractivity contribution in [3.8, 4) is 0 Å². The van der Waals surface area contributed by atoms with Gasteiger partial charge in [-0.25, -0.2) is 0 Å². The zero-order valence-electron chi connectivity index (χ0n) is 26.4. The van der Waals surface area contributed by atoms with Crippen molar-refractivity contribution >= 4 is 38.6 Å². The summed E-state index contributed by atoms with van der Waals surface area (Å²) in [6.07, 6.45) is 16.9. The van der Waals surface area contributed by atoms with Gasteiger partial charge in [-0.2, -0.15) is 4.58 Å². The topological polar surface area (TPSA) is 6.25 Å². The quantitative estimate of drug-likeness (QED) is 0.166. The molecule has 218 valence electrons. The van der Waals surface area contributed by atoms with Gasteiger partial charge in [0.1, 0.15) is 0 Å². The minimum atomic E-state index is -0.124. The highest BCUT2D eigenvalue weighted by molar-refractivity contribution is 6.05. The predicted molar refractivity (Wildman–Crippen MR) is 185 cm³/mol. The van der Waals surface area contributed by atoms with Crippen molar-refractivity contribution in [1.82, 2.24) is 0 Å². The Morgan fingerprint density at radius 3 is 2.33 bits per heavy atom.